The Morgan fingerprint density at radius 2 is 2.00 bits per heavy atom. The number of para-hydroxylation sites is 1. The first kappa shape index (κ1) is 14.4. The lowest BCUT2D eigenvalue weighted by Gasteiger charge is -2.19. The summed E-state index contributed by atoms with van der Waals surface area (Å²) in [6.45, 7) is 4.79. The van der Waals surface area contributed by atoms with Crippen LogP contribution in [0.1, 0.15) is 19.5 Å². The summed E-state index contributed by atoms with van der Waals surface area (Å²) in [4.78, 5) is 10.4. The highest BCUT2D eigenvalue weighted by atomic mass is 19.1. The number of nitrogens with one attached hydrogen (secondary N) is 1. The van der Waals surface area contributed by atoms with Gasteiger partial charge in [0, 0.05) is 25.8 Å². The SMILES string of the molecule is CC(C)NCc1cncc(N(C)c2ccccc2F)n1. The normalized spacial score (nSPS) is 10.8. The van der Waals surface area contributed by atoms with Gasteiger partial charge in [-0.15, -0.1) is 0 Å². The minimum atomic E-state index is -0.275. The molecule has 0 unspecified atom stereocenters. The van der Waals surface area contributed by atoms with Gasteiger partial charge in [0.1, 0.15) is 5.82 Å². The summed E-state index contributed by atoms with van der Waals surface area (Å²) in [6.07, 6.45) is 3.35. The topological polar surface area (TPSA) is 41.1 Å². The van der Waals surface area contributed by atoms with Crippen molar-refractivity contribution in [2.24, 2.45) is 0 Å². The Morgan fingerprint density at radius 3 is 2.70 bits per heavy atom. The summed E-state index contributed by atoms with van der Waals surface area (Å²) in [5.41, 5.74) is 1.31. The molecule has 5 heteroatoms. The summed E-state index contributed by atoms with van der Waals surface area (Å²) in [5.74, 6) is 0.348. The molecule has 0 fully saturated rings. The van der Waals surface area contributed by atoms with E-state index in [1.165, 1.54) is 6.07 Å². The van der Waals surface area contributed by atoms with Crippen LogP contribution in [0.5, 0.6) is 0 Å². The van der Waals surface area contributed by atoms with Gasteiger partial charge < -0.3 is 10.2 Å². The van der Waals surface area contributed by atoms with Crippen molar-refractivity contribution < 1.29 is 4.39 Å². The number of rotatable bonds is 5. The molecule has 106 valence electrons. The smallest absolute Gasteiger partial charge is 0.151 e. The van der Waals surface area contributed by atoms with Gasteiger partial charge in [0.25, 0.3) is 0 Å². The van der Waals surface area contributed by atoms with Crippen molar-refractivity contribution in [2.45, 2.75) is 26.4 Å². The molecule has 0 amide bonds. The van der Waals surface area contributed by atoms with E-state index in [0.29, 0.717) is 24.1 Å². The molecule has 1 heterocycles. The van der Waals surface area contributed by atoms with Gasteiger partial charge in [-0.1, -0.05) is 26.0 Å². The second kappa shape index (κ2) is 6.43. The van der Waals surface area contributed by atoms with Crippen LogP contribution in [-0.4, -0.2) is 23.1 Å². The maximum absolute atomic E-state index is 13.8. The van der Waals surface area contributed by atoms with Crippen LogP contribution in [0, 0.1) is 5.82 Å². The van der Waals surface area contributed by atoms with Gasteiger partial charge in [0.05, 0.1) is 17.6 Å². The fourth-order valence-corrected chi connectivity index (χ4v) is 1.80. The van der Waals surface area contributed by atoms with Crippen LogP contribution in [0.25, 0.3) is 0 Å². The highest BCUT2D eigenvalue weighted by Crippen LogP contribution is 2.23. The first-order valence-electron chi connectivity index (χ1n) is 6.60. The van der Waals surface area contributed by atoms with Crippen molar-refractivity contribution in [3.8, 4) is 0 Å². The lowest BCUT2D eigenvalue weighted by atomic mass is 10.3. The number of anilines is 2. The predicted octanol–water partition coefficient (Wildman–Crippen LogP) is 2.88. The Balaban J connectivity index is 2.20. The molecule has 0 spiro atoms. The molecule has 2 aromatic rings. The summed E-state index contributed by atoms with van der Waals surface area (Å²) in [6, 6.07) is 7.00. The minimum Gasteiger partial charge on any atom is -0.326 e. The zero-order chi connectivity index (χ0) is 14.5. The van der Waals surface area contributed by atoms with Crippen LogP contribution in [0.2, 0.25) is 0 Å². The largest absolute Gasteiger partial charge is 0.326 e. The Bertz CT molecular complexity index is 571. The highest BCUT2D eigenvalue weighted by Gasteiger charge is 2.10. The third-order valence-electron chi connectivity index (χ3n) is 2.92. The Kier molecular flexibility index (Phi) is 4.63. The first-order chi connectivity index (χ1) is 9.58. The molecule has 0 bridgehead atoms. The van der Waals surface area contributed by atoms with E-state index >= 15 is 0 Å². The van der Waals surface area contributed by atoms with Crippen LogP contribution in [0.15, 0.2) is 36.7 Å². The fraction of sp³-hybridized carbons (Fsp3) is 0.333. The molecule has 2 rings (SSSR count). The van der Waals surface area contributed by atoms with Crippen molar-refractivity contribution in [3.63, 3.8) is 0 Å². The van der Waals surface area contributed by atoms with E-state index in [1.54, 1.807) is 42.5 Å². The molecule has 0 aliphatic rings. The van der Waals surface area contributed by atoms with E-state index in [2.05, 4.69) is 29.1 Å². The number of hydrogen-bond acceptors (Lipinski definition) is 4. The van der Waals surface area contributed by atoms with E-state index < -0.39 is 0 Å². The molecule has 0 radical (unpaired) electrons. The maximum atomic E-state index is 13.8. The van der Waals surface area contributed by atoms with E-state index in [-0.39, 0.29) is 5.82 Å². The fourth-order valence-electron chi connectivity index (χ4n) is 1.80. The van der Waals surface area contributed by atoms with Crippen LogP contribution in [-0.2, 0) is 6.54 Å². The van der Waals surface area contributed by atoms with Gasteiger partial charge in [-0.2, -0.15) is 0 Å². The molecule has 0 saturated heterocycles. The summed E-state index contributed by atoms with van der Waals surface area (Å²) in [7, 11) is 1.78. The quantitative estimate of drug-likeness (QED) is 0.910. The van der Waals surface area contributed by atoms with Gasteiger partial charge in [-0.25, -0.2) is 9.37 Å². The zero-order valence-electron chi connectivity index (χ0n) is 12.0. The van der Waals surface area contributed by atoms with Crippen molar-refractivity contribution in [1.82, 2.24) is 15.3 Å². The Hall–Kier alpha value is -2.01. The molecular weight excluding hydrogens is 255 g/mol. The average Bonchev–Trinajstić information content (AvgIpc) is 2.45. The standard InChI is InChI=1S/C15H19FN4/c1-11(2)18-9-12-8-17-10-15(19-12)20(3)14-7-5-4-6-13(14)16/h4-8,10-11,18H,9H2,1-3H3. The van der Waals surface area contributed by atoms with E-state index in [0.717, 1.165) is 5.69 Å². The molecule has 1 aromatic carbocycles. The third kappa shape index (κ3) is 3.51. The Morgan fingerprint density at radius 1 is 1.25 bits per heavy atom. The van der Waals surface area contributed by atoms with Gasteiger partial charge in [0.2, 0.25) is 0 Å². The second-order valence-electron chi connectivity index (χ2n) is 4.91. The lowest BCUT2D eigenvalue weighted by Crippen LogP contribution is -2.23. The molecule has 0 saturated carbocycles. The van der Waals surface area contributed by atoms with Crippen molar-refractivity contribution in [1.29, 1.82) is 0 Å². The molecule has 1 aromatic heterocycles. The van der Waals surface area contributed by atoms with Crippen LogP contribution in [0.4, 0.5) is 15.9 Å². The van der Waals surface area contributed by atoms with E-state index in [1.807, 2.05) is 0 Å². The average molecular weight is 274 g/mol. The second-order valence-corrected chi connectivity index (χ2v) is 4.91. The molecule has 0 atom stereocenters. The number of aromatic nitrogens is 2. The summed E-state index contributed by atoms with van der Waals surface area (Å²) >= 11 is 0. The van der Waals surface area contributed by atoms with Crippen molar-refractivity contribution >= 4 is 11.5 Å². The van der Waals surface area contributed by atoms with Gasteiger partial charge >= 0.3 is 0 Å². The van der Waals surface area contributed by atoms with Crippen molar-refractivity contribution in [3.05, 3.63) is 48.2 Å². The number of halogens is 1. The Labute approximate surface area is 118 Å². The van der Waals surface area contributed by atoms with Gasteiger partial charge in [-0.3, -0.25) is 4.98 Å². The number of hydrogen-bond donors (Lipinski definition) is 1. The molecule has 4 nitrogen and oxygen atoms in total. The van der Waals surface area contributed by atoms with Gasteiger partial charge in [0.15, 0.2) is 5.82 Å². The minimum absolute atomic E-state index is 0.275. The van der Waals surface area contributed by atoms with Crippen LogP contribution < -0.4 is 10.2 Å². The number of benzene rings is 1. The van der Waals surface area contributed by atoms with Gasteiger partial charge in [-0.05, 0) is 12.1 Å². The predicted molar refractivity (Wildman–Crippen MR) is 78.5 cm³/mol. The highest BCUT2D eigenvalue weighted by molar-refractivity contribution is 5.58. The molecular formula is C15H19FN4. The summed E-state index contributed by atoms with van der Waals surface area (Å²) < 4.78 is 13.8. The first-order valence-corrected chi connectivity index (χ1v) is 6.60. The monoisotopic (exact) mass is 274 g/mol. The van der Waals surface area contributed by atoms with Crippen LogP contribution >= 0.6 is 0 Å². The van der Waals surface area contributed by atoms with Crippen molar-refractivity contribution in [2.75, 3.05) is 11.9 Å². The molecule has 0 aliphatic carbocycles. The molecule has 1 N–H and O–H groups in total. The van der Waals surface area contributed by atoms with E-state index in [4.69, 9.17) is 0 Å². The molecule has 0 aliphatic heterocycles. The molecule has 20 heavy (non-hydrogen) atoms. The number of nitrogens with zero attached hydrogens (tertiary/aromatic N) is 3. The third-order valence-corrected chi connectivity index (χ3v) is 2.92. The maximum Gasteiger partial charge on any atom is 0.151 e. The lowest BCUT2D eigenvalue weighted by molar-refractivity contribution is 0.580. The van der Waals surface area contributed by atoms with E-state index in [9.17, 15) is 4.39 Å². The zero-order valence-corrected chi connectivity index (χ0v) is 12.0. The summed E-state index contributed by atoms with van der Waals surface area (Å²) in [5, 5.41) is 3.28. The van der Waals surface area contributed by atoms with Crippen LogP contribution in [0.3, 0.4) is 0 Å².